The number of carbonyl (C=O) groups is 1. The van der Waals surface area contributed by atoms with Crippen molar-refractivity contribution < 1.29 is 14.6 Å². The first-order chi connectivity index (χ1) is 9.99. The van der Waals surface area contributed by atoms with Crippen molar-refractivity contribution in [3.05, 3.63) is 23.8 Å². The lowest BCUT2D eigenvalue weighted by molar-refractivity contribution is 0.00800. The topological polar surface area (TPSA) is 49.8 Å². The van der Waals surface area contributed by atoms with E-state index in [1.807, 2.05) is 39.0 Å². The minimum Gasteiger partial charge on any atom is -0.508 e. The third-order valence-electron chi connectivity index (χ3n) is 3.85. The van der Waals surface area contributed by atoms with Gasteiger partial charge in [0.15, 0.2) is 0 Å². The normalized spacial score (nSPS) is 16.4. The molecule has 1 aliphatic heterocycles. The molecule has 5 heteroatoms. The Labute approximate surface area is 134 Å². The predicted molar refractivity (Wildman–Crippen MR) is 91.6 cm³/mol. The lowest BCUT2D eigenvalue weighted by Gasteiger charge is -2.40. The van der Waals surface area contributed by atoms with E-state index in [1.165, 1.54) is 0 Å². The second-order valence-corrected chi connectivity index (χ2v) is 13.1. The zero-order chi connectivity index (χ0) is 16.7. The van der Waals surface area contributed by atoms with Gasteiger partial charge in [-0.05, 0) is 26.0 Å². The van der Waals surface area contributed by atoms with Gasteiger partial charge in [0.05, 0.1) is 8.07 Å². The number of amides is 1. The number of aromatic hydroxyl groups is 1. The molecule has 22 heavy (non-hydrogen) atoms. The number of hydrogen-bond acceptors (Lipinski definition) is 3. The van der Waals surface area contributed by atoms with Crippen LogP contribution >= 0.6 is 0 Å². The minimum absolute atomic E-state index is 0.198. The van der Waals surface area contributed by atoms with Crippen molar-refractivity contribution in [3.8, 4) is 5.75 Å². The predicted octanol–water partition coefficient (Wildman–Crippen LogP) is 3.27. The number of phenols is 1. The van der Waals surface area contributed by atoms with Gasteiger partial charge in [-0.2, -0.15) is 0 Å². The highest BCUT2D eigenvalue weighted by Crippen LogP contribution is 2.33. The lowest BCUT2D eigenvalue weighted by atomic mass is 9.91. The summed E-state index contributed by atoms with van der Waals surface area (Å²) in [5.74, 6) is 0.624. The van der Waals surface area contributed by atoms with Crippen molar-refractivity contribution in [3.63, 3.8) is 0 Å². The Morgan fingerprint density at radius 1 is 1.27 bits per heavy atom. The molecular weight excluding hydrogens is 294 g/mol. The zero-order valence-corrected chi connectivity index (χ0v) is 15.4. The van der Waals surface area contributed by atoms with E-state index in [0.29, 0.717) is 18.8 Å². The zero-order valence-electron chi connectivity index (χ0n) is 14.4. The van der Waals surface area contributed by atoms with Crippen LogP contribution in [0, 0.1) is 0 Å². The molecule has 1 N–H and O–H groups in total. The van der Waals surface area contributed by atoms with Gasteiger partial charge in [0, 0.05) is 24.6 Å². The summed E-state index contributed by atoms with van der Waals surface area (Å²) in [5.41, 5.74) is 0.488. The molecule has 1 aromatic carbocycles. The summed E-state index contributed by atoms with van der Waals surface area (Å²) >= 11 is 0. The molecule has 122 valence electrons. The first-order valence-electron chi connectivity index (χ1n) is 7.79. The van der Waals surface area contributed by atoms with Gasteiger partial charge >= 0.3 is 6.09 Å². The maximum atomic E-state index is 12.0. The average molecular weight is 321 g/mol. The fourth-order valence-electron chi connectivity index (χ4n) is 2.65. The Morgan fingerprint density at radius 3 is 2.36 bits per heavy atom. The largest absolute Gasteiger partial charge is 0.508 e. The minimum atomic E-state index is -1.57. The van der Waals surface area contributed by atoms with E-state index in [2.05, 4.69) is 19.6 Å². The van der Waals surface area contributed by atoms with E-state index in [9.17, 15) is 9.90 Å². The number of rotatable bonds is 2. The molecule has 1 aromatic rings. The van der Waals surface area contributed by atoms with Gasteiger partial charge in [0.2, 0.25) is 0 Å². The maximum Gasteiger partial charge on any atom is 0.410 e. The van der Waals surface area contributed by atoms with Gasteiger partial charge in [-0.15, -0.1) is 0 Å². The van der Waals surface area contributed by atoms with Crippen molar-refractivity contribution in [2.75, 3.05) is 13.1 Å². The Morgan fingerprint density at radius 2 is 1.86 bits per heavy atom. The number of benzene rings is 1. The third-order valence-corrected chi connectivity index (χ3v) is 5.87. The number of para-hydroxylation sites is 1. The van der Waals surface area contributed by atoms with Crippen molar-refractivity contribution in [1.82, 2.24) is 4.90 Å². The molecule has 2 rings (SSSR count). The van der Waals surface area contributed by atoms with Gasteiger partial charge in [0.25, 0.3) is 0 Å². The van der Waals surface area contributed by atoms with E-state index < -0.39 is 13.7 Å². The number of likely N-dealkylation sites (tertiary alicyclic amines) is 1. The summed E-state index contributed by atoms with van der Waals surface area (Å²) in [5, 5.41) is 11.7. The number of phenolic OH excluding ortho intramolecular Hbond substituents is 1. The molecule has 0 atom stereocenters. The van der Waals surface area contributed by atoms with Crippen LogP contribution in [0.15, 0.2) is 18.2 Å². The smallest absolute Gasteiger partial charge is 0.410 e. The Balaban J connectivity index is 2.07. The SMILES string of the molecule is CC(C)(C)OC(=O)N1CC(c2cccc([Si](C)(C)C)c2O)C1. The molecule has 1 amide bonds. The van der Waals surface area contributed by atoms with Crippen LogP contribution in [0.4, 0.5) is 4.79 Å². The van der Waals surface area contributed by atoms with Crippen LogP contribution in [0.2, 0.25) is 19.6 Å². The second kappa shape index (κ2) is 5.61. The summed E-state index contributed by atoms with van der Waals surface area (Å²) < 4.78 is 5.37. The molecular formula is C17H27NO3Si. The van der Waals surface area contributed by atoms with Crippen LogP contribution in [0.25, 0.3) is 0 Å². The number of carbonyl (C=O) groups excluding carboxylic acids is 1. The molecule has 1 heterocycles. The summed E-state index contributed by atoms with van der Waals surface area (Å²) in [6, 6.07) is 6.00. The van der Waals surface area contributed by atoms with Crippen LogP contribution in [-0.2, 0) is 4.74 Å². The molecule has 0 bridgehead atoms. The Kier molecular flexibility index (Phi) is 4.30. The molecule has 0 unspecified atom stereocenters. The summed E-state index contributed by atoms with van der Waals surface area (Å²) in [7, 11) is -1.57. The molecule has 0 aromatic heterocycles. The Bertz CT molecular complexity index is 566. The quantitative estimate of drug-likeness (QED) is 0.851. The standard InChI is InChI=1S/C17H27NO3Si/c1-17(2,3)21-16(20)18-10-12(11-18)13-8-7-9-14(15(13)19)22(4,5)6/h7-9,12,19H,10-11H2,1-6H3. The summed E-state index contributed by atoms with van der Waals surface area (Å²) in [6.07, 6.45) is -0.274. The van der Waals surface area contributed by atoms with E-state index in [4.69, 9.17) is 4.74 Å². The van der Waals surface area contributed by atoms with Gasteiger partial charge < -0.3 is 14.7 Å². The maximum absolute atomic E-state index is 12.0. The highest BCUT2D eigenvalue weighted by atomic mass is 28.3. The first-order valence-corrected chi connectivity index (χ1v) is 11.3. The molecule has 0 aliphatic carbocycles. The molecule has 1 fully saturated rings. The summed E-state index contributed by atoms with van der Waals surface area (Å²) in [4.78, 5) is 13.7. The molecule has 1 saturated heterocycles. The second-order valence-electron chi connectivity index (χ2n) is 8.08. The molecule has 0 saturated carbocycles. The molecule has 4 nitrogen and oxygen atoms in total. The van der Waals surface area contributed by atoms with Crippen LogP contribution in [-0.4, -0.2) is 42.9 Å². The van der Waals surface area contributed by atoms with Crippen molar-refractivity contribution in [2.24, 2.45) is 0 Å². The van der Waals surface area contributed by atoms with Crippen LogP contribution in [0.5, 0.6) is 5.75 Å². The summed E-state index contributed by atoms with van der Waals surface area (Å²) in [6.45, 7) is 13.5. The molecule has 0 spiro atoms. The van der Waals surface area contributed by atoms with E-state index in [-0.39, 0.29) is 12.0 Å². The number of hydrogen-bond donors (Lipinski definition) is 1. The van der Waals surface area contributed by atoms with E-state index in [1.54, 1.807) is 4.90 Å². The average Bonchev–Trinajstić information content (AvgIpc) is 2.25. The first kappa shape index (κ1) is 16.9. The molecule has 1 aliphatic rings. The fraction of sp³-hybridized carbons (Fsp3) is 0.588. The molecule has 0 radical (unpaired) electrons. The van der Waals surface area contributed by atoms with E-state index >= 15 is 0 Å². The van der Waals surface area contributed by atoms with Gasteiger partial charge in [-0.3, -0.25) is 0 Å². The lowest BCUT2D eigenvalue weighted by Crippen LogP contribution is -2.50. The van der Waals surface area contributed by atoms with Gasteiger partial charge in [0.1, 0.15) is 11.4 Å². The van der Waals surface area contributed by atoms with Crippen molar-refractivity contribution >= 4 is 19.4 Å². The monoisotopic (exact) mass is 321 g/mol. The number of nitrogens with zero attached hydrogens (tertiary/aromatic N) is 1. The van der Waals surface area contributed by atoms with Crippen molar-refractivity contribution in [2.45, 2.75) is 51.9 Å². The van der Waals surface area contributed by atoms with Crippen LogP contribution in [0.3, 0.4) is 0 Å². The highest BCUT2D eigenvalue weighted by molar-refractivity contribution is 6.89. The third kappa shape index (κ3) is 3.63. The van der Waals surface area contributed by atoms with Crippen LogP contribution < -0.4 is 5.19 Å². The van der Waals surface area contributed by atoms with E-state index in [0.717, 1.165) is 10.8 Å². The number of ether oxygens (including phenoxy) is 1. The van der Waals surface area contributed by atoms with Gasteiger partial charge in [-0.1, -0.05) is 37.8 Å². The fourth-order valence-corrected chi connectivity index (χ4v) is 4.10. The van der Waals surface area contributed by atoms with Crippen LogP contribution in [0.1, 0.15) is 32.3 Å². The Hall–Kier alpha value is -1.49. The highest BCUT2D eigenvalue weighted by Gasteiger charge is 2.36. The van der Waals surface area contributed by atoms with Crippen molar-refractivity contribution in [1.29, 1.82) is 0 Å². The van der Waals surface area contributed by atoms with Gasteiger partial charge in [-0.25, -0.2) is 4.79 Å².